The second kappa shape index (κ2) is 13.7. The van der Waals surface area contributed by atoms with Gasteiger partial charge in [0.2, 0.25) is 0 Å². The predicted molar refractivity (Wildman–Crippen MR) is 157 cm³/mol. The number of hydrogen-bond donors (Lipinski definition) is 1. The van der Waals surface area contributed by atoms with Gasteiger partial charge in [0.25, 0.3) is 5.91 Å². The van der Waals surface area contributed by atoms with Gasteiger partial charge in [0.05, 0.1) is 23.5 Å². The summed E-state index contributed by atoms with van der Waals surface area (Å²) in [6, 6.07) is 4.87. The van der Waals surface area contributed by atoms with E-state index in [4.69, 9.17) is 0 Å². The van der Waals surface area contributed by atoms with Crippen LogP contribution in [0, 0.1) is 0 Å². The van der Waals surface area contributed by atoms with E-state index in [2.05, 4.69) is 55.3 Å². The average molecular weight is 659 g/mol. The largest absolute Gasteiger partial charge is 0.435 e. The zero-order valence-corrected chi connectivity index (χ0v) is 25.2. The van der Waals surface area contributed by atoms with Crippen LogP contribution in [0.15, 0.2) is 49.1 Å². The molecule has 0 radical (unpaired) electrons. The van der Waals surface area contributed by atoms with E-state index in [0.29, 0.717) is 5.82 Å². The van der Waals surface area contributed by atoms with E-state index in [1.165, 1.54) is 27.8 Å². The Morgan fingerprint density at radius 3 is 2.72 bits per heavy atom. The molecule has 0 aliphatic carbocycles. The minimum atomic E-state index is -3.24. The summed E-state index contributed by atoms with van der Waals surface area (Å²) in [5, 5.41) is 23.5. The molecule has 47 heavy (non-hydrogen) atoms. The summed E-state index contributed by atoms with van der Waals surface area (Å²) in [6.07, 6.45) is 6.90. The number of anilines is 1. The van der Waals surface area contributed by atoms with Crippen LogP contribution < -0.4 is 14.8 Å². The number of ether oxygens (including phenoxy) is 2. The van der Waals surface area contributed by atoms with Crippen LogP contribution in [0.3, 0.4) is 0 Å². The molecule has 5 aromatic rings. The number of aromatic nitrogens is 9. The van der Waals surface area contributed by atoms with E-state index in [1.807, 2.05) is 14.1 Å². The third-order valence-electron chi connectivity index (χ3n) is 7.41. The fourth-order valence-electron chi connectivity index (χ4n) is 5.27. The number of nitrogens with one attached hydrogen (secondary N) is 1. The molecule has 1 aliphatic heterocycles. The number of alkyl halides is 4. The smallest absolute Gasteiger partial charge is 0.387 e. The molecule has 1 fully saturated rings. The second-order valence-corrected chi connectivity index (χ2v) is 11.0. The molecule has 1 saturated heterocycles. The van der Waals surface area contributed by atoms with Crippen LogP contribution in [-0.2, 0) is 6.54 Å². The minimum Gasteiger partial charge on any atom is -0.435 e. The lowest BCUT2D eigenvalue weighted by atomic mass is 10.1. The third-order valence-corrected chi connectivity index (χ3v) is 7.41. The number of amides is 1. The number of carbonyl (C=O) groups excluding carboxylic acids is 1. The fraction of sp³-hybridized carbons (Fsp3) is 0.393. The molecule has 0 bridgehead atoms. The molecule has 6 rings (SSSR count). The highest BCUT2D eigenvalue weighted by molar-refractivity contribution is 6.09. The third kappa shape index (κ3) is 7.30. The Kier molecular flexibility index (Phi) is 9.25. The Hall–Kier alpha value is -5.17. The van der Waals surface area contributed by atoms with Crippen molar-refractivity contribution in [1.82, 2.24) is 54.4 Å². The summed E-state index contributed by atoms with van der Waals surface area (Å²) in [6.45, 7) is -2.95. The number of nitrogens with zero attached hydrogens (tertiary/aromatic N) is 11. The molecule has 1 aliphatic rings. The van der Waals surface area contributed by atoms with Gasteiger partial charge in [-0.15, -0.1) is 5.10 Å². The quantitative estimate of drug-likeness (QED) is 0.176. The van der Waals surface area contributed by atoms with E-state index in [-0.39, 0.29) is 52.2 Å². The van der Waals surface area contributed by atoms with Gasteiger partial charge in [-0.3, -0.25) is 14.4 Å². The Bertz CT molecular complexity index is 1840. The van der Waals surface area contributed by atoms with E-state index in [1.54, 1.807) is 16.9 Å². The van der Waals surface area contributed by atoms with Crippen molar-refractivity contribution in [2.75, 3.05) is 45.6 Å². The normalized spacial score (nSPS) is 14.0. The minimum absolute atomic E-state index is 0.0313. The molecule has 19 heteroatoms. The number of halogens is 4. The van der Waals surface area contributed by atoms with E-state index in [0.717, 1.165) is 50.8 Å². The highest BCUT2D eigenvalue weighted by atomic mass is 19.3. The molecule has 0 spiro atoms. The average Bonchev–Trinajstić information content (AvgIpc) is 3.73. The van der Waals surface area contributed by atoms with Crippen molar-refractivity contribution in [3.05, 3.63) is 60.4 Å². The van der Waals surface area contributed by atoms with Gasteiger partial charge in [-0.2, -0.15) is 27.8 Å². The maximum atomic E-state index is 13.4. The second-order valence-electron chi connectivity index (χ2n) is 11.0. The van der Waals surface area contributed by atoms with Crippen molar-refractivity contribution < 1.29 is 31.8 Å². The van der Waals surface area contributed by atoms with Crippen LogP contribution in [0.4, 0.5) is 23.2 Å². The summed E-state index contributed by atoms with van der Waals surface area (Å²) < 4.78 is 66.7. The molecule has 0 saturated carbocycles. The molecule has 248 valence electrons. The van der Waals surface area contributed by atoms with Crippen LogP contribution in [0.5, 0.6) is 11.5 Å². The molecule has 1 amide bonds. The Balaban J connectivity index is 1.31. The molecule has 1 N–H and O–H groups in total. The van der Waals surface area contributed by atoms with Crippen molar-refractivity contribution in [3.8, 4) is 22.8 Å². The molecular formula is C28H30F4N12O3. The topological polar surface area (TPSA) is 146 Å². The molecule has 15 nitrogen and oxygen atoms in total. The summed E-state index contributed by atoms with van der Waals surface area (Å²) in [7, 11) is 4.06. The van der Waals surface area contributed by atoms with Gasteiger partial charge in [0.1, 0.15) is 29.3 Å². The molecule has 4 aromatic heterocycles. The number of hydrogen-bond acceptors (Lipinski definition) is 11. The van der Waals surface area contributed by atoms with Gasteiger partial charge >= 0.3 is 13.2 Å². The molecule has 1 aromatic carbocycles. The molecular weight excluding hydrogens is 628 g/mol. The number of tetrazole rings is 1. The summed E-state index contributed by atoms with van der Waals surface area (Å²) in [5.41, 5.74) is 0.235. The standard InChI is InChI=1S/C28H30F4N12O3/c1-40(2)8-4-9-41-13-17(14-41)44-23(36-38-39-44)16-42-15-21(35-26(45)20-12-34-43-10-3-7-33-25(20)43)24(37-42)19-11-18(46-27(29)30)5-6-22(19)47-28(31)32/h3,5-7,10-12,15,17,27-28H,4,8-9,13-14,16H2,1-2H3,(H,35,45). The van der Waals surface area contributed by atoms with Gasteiger partial charge in [0, 0.05) is 31.7 Å². The van der Waals surface area contributed by atoms with Gasteiger partial charge in [-0.05, 0) is 68.3 Å². The number of benzene rings is 1. The van der Waals surface area contributed by atoms with Crippen molar-refractivity contribution in [2.45, 2.75) is 32.2 Å². The first-order chi connectivity index (χ1) is 22.6. The Labute approximate surface area is 264 Å². The number of likely N-dealkylation sites (tertiary alicyclic amines) is 1. The maximum Gasteiger partial charge on any atom is 0.387 e. The number of fused-ring (bicyclic) bond motifs is 1. The van der Waals surface area contributed by atoms with Crippen LogP contribution >= 0.6 is 0 Å². The molecule has 0 atom stereocenters. The van der Waals surface area contributed by atoms with E-state index < -0.39 is 19.1 Å². The Morgan fingerprint density at radius 1 is 1.15 bits per heavy atom. The van der Waals surface area contributed by atoms with Gasteiger partial charge < -0.3 is 19.7 Å². The van der Waals surface area contributed by atoms with Crippen LogP contribution in [-0.4, -0.2) is 114 Å². The zero-order chi connectivity index (χ0) is 33.1. The lowest BCUT2D eigenvalue weighted by molar-refractivity contribution is -0.0526. The number of rotatable bonds is 14. The zero-order valence-electron chi connectivity index (χ0n) is 25.2. The maximum absolute atomic E-state index is 13.4. The van der Waals surface area contributed by atoms with Crippen LogP contribution in [0.2, 0.25) is 0 Å². The highest BCUT2D eigenvalue weighted by Crippen LogP contribution is 2.38. The predicted octanol–water partition coefficient (Wildman–Crippen LogP) is 2.89. The first-order valence-corrected chi connectivity index (χ1v) is 14.5. The highest BCUT2D eigenvalue weighted by Gasteiger charge is 2.31. The monoisotopic (exact) mass is 658 g/mol. The summed E-state index contributed by atoms with van der Waals surface area (Å²) in [5.74, 6) is -0.891. The molecule has 0 unspecified atom stereocenters. The summed E-state index contributed by atoms with van der Waals surface area (Å²) >= 11 is 0. The van der Waals surface area contributed by atoms with Crippen molar-refractivity contribution in [1.29, 1.82) is 0 Å². The van der Waals surface area contributed by atoms with Crippen LogP contribution in [0.1, 0.15) is 28.6 Å². The Morgan fingerprint density at radius 2 is 1.96 bits per heavy atom. The lowest BCUT2D eigenvalue weighted by Crippen LogP contribution is -2.49. The first-order valence-electron chi connectivity index (χ1n) is 14.5. The lowest BCUT2D eigenvalue weighted by Gasteiger charge is -2.39. The van der Waals surface area contributed by atoms with Gasteiger partial charge in [-0.25, -0.2) is 14.2 Å². The van der Waals surface area contributed by atoms with E-state index >= 15 is 0 Å². The fourth-order valence-corrected chi connectivity index (χ4v) is 5.27. The SMILES string of the molecule is CN(C)CCCN1CC(n2nnnc2Cn2cc(NC(=O)c3cnn4cccnc34)c(-c3cc(OC(F)F)ccc3OC(F)F)n2)C1. The number of carbonyl (C=O) groups is 1. The van der Waals surface area contributed by atoms with Gasteiger partial charge in [-0.1, -0.05) is 0 Å². The first kappa shape index (κ1) is 31.8. The van der Waals surface area contributed by atoms with Gasteiger partial charge in [0.15, 0.2) is 11.5 Å². The van der Waals surface area contributed by atoms with Crippen molar-refractivity contribution in [3.63, 3.8) is 0 Å². The summed E-state index contributed by atoms with van der Waals surface area (Å²) in [4.78, 5) is 22.1. The van der Waals surface area contributed by atoms with Crippen molar-refractivity contribution >= 4 is 17.2 Å². The van der Waals surface area contributed by atoms with Crippen LogP contribution in [0.25, 0.3) is 16.9 Å². The molecule has 5 heterocycles. The van der Waals surface area contributed by atoms with Crippen molar-refractivity contribution in [2.24, 2.45) is 0 Å². The van der Waals surface area contributed by atoms with E-state index in [9.17, 15) is 22.4 Å².